The largest absolute Gasteiger partial charge is 0.384 e. The molecule has 0 aliphatic heterocycles. The van der Waals surface area contributed by atoms with Crippen molar-refractivity contribution in [1.29, 1.82) is 0 Å². The molecule has 3 nitrogen and oxygen atoms in total. The number of benzene rings is 1. The minimum absolute atomic E-state index is 0.117. The Kier molecular flexibility index (Phi) is 3.54. The van der Waals surface area contributed by atoms with E-state index >= 15 is 0 Å². The van der Waals surface area contributed by atoms with Gasteiger partial charge < -0.3 is 5.11 Å². The van der Waals surface area contributed by atoms with Gasteiger partial charge in [-0.1, -0.05) is 30.3 Å². The van der Waals surface area contributed by atoms with Crippen molar-refractivity contribution >= 4 is 11.6 Å². The molecule has 1 N–H and O–H groups in total. The molecule has 0 fully saturated rings. The number of carbonyl (C=O) groups is 2. The van der Waals surface area contributed by atoms with Crippen LogP contribution >= 0.6 is 0 Å². The Bertz CT molecular complexity index is 330. The zero-order valence-corrected chi connectivity index (χ0v) is 7.93. The Balaban J connectivity index is 2.71. The molecular weight excluding hydrogens is 180 g/mol. The second kappa shape index (κ2) is 4.67. The molecule has 0 bridgehead atoms. The number of carbonyl (C=O) groups excluding carboxylic acids is 2. The topological polar surface area (TPSA) is 54.4 Å². The van der Waals surface area contributed by atoms with Crippen molar-refractivity contribution in [2.45, 2.75) is 19.4 Å². The highest BCUT2D eigenvalue weighted by molar-refractivity contribution is 6.01. The molecule has 0 aliphatic rings. The highest BCUT2D eigenvalue weighted by Gasteiger charge is 2.17. The fraction of sp³-hybridized carbons (Fsp3) is 0.273. The van der Waals surface area contributed by atoms with Gasteiger partial charge in [-0.05, 0) is 6.92 Å². The summed E-state index contributed by atoms with van der Waals surface area (Å²) >= 11 is 0. The molecule has 14 heavy (non-hydrogen) atoms. The average molecular weight is 192 g/mol. The Morgan fingerprint density at radius 3 is 2.36 bits per heavy atom. The van der Waals surface area contributed by atoms with Crippen molar-refractivity contribution in [3.8, 4) is 0 Å². The normalized spacial score (nSPS) is 12.1. The van der Waals surface area contributed by atoms with E-state index in [-0.39, 0.29) is 12.2 Å². The van der Waals surface area contributed by atoms with E-state index in [4.69, 9.17) is 0 Å². The lowest BCUT2D eigenvalue weighted by Gasteiger charge is -2.06. The number of Topliss-reactive ketones (excluding diaryl/α,β-unsaturated/α-hetero) is 2. The standard InChI is InChI=1S/C11H12O3/c1-8(12)7-10(13)11(14)9-5-3-2-4-6-9/h2-6,10,13H,7H2,1H3. The van der Waals surface area contributed by atoms with Gasteiger partial charge in [-0.2, -0.15) is 0 Å². The maximum atomic E-state index is 11.5. The van der Waals surface area contributed by atoms with E-state index in [0.717, 1.165) is 0 Å². The van der Waals surface area contributed by atoms with Gasteiger partial charge in [-0.25, -0.2) is 0 Å². The molecule has 0 aromatic heterocycles. The first-order valence-electron chi connectivity index (χ1n) is 4.38. The number of hydrogen-bond acceptors (Lipinski definition) is 3. The number of hydrogen-bond donors (Lipinski definition) is 1. The summed E-state index contributed by atoms with van der Waals surface area (Å²) < 4.78 is 0. The van der Waals surface area contributed by atoms with Crippen molar-refractivity contribution < 1.29 is 14.7 Å². The molecule has 1 aromatic carbocycles. The van der Waals surface area contributed by atoms with E-state index in [1.807, 2.05) is 0 Å². The van der Waals surface area contributed by atoms with Gasteiger partial charge in [-0.3, -0.25) is 9.59 Å². The molecule has 0 radical (unpaired) electrons. The summed E-state index contributed by atoms with van der Waals surface area (Å²) in [6.07, 6.45) is -1.33. The summed E-state index contributed by atoms with van der Waals surface area (Å²) in [5, 5.41) is 9.37. The van der Waals surface area contributed by atoms with Gasteiger partial charge in [0.05, 0.1) is 0 Å². The quantitative estimate of drug-likeness (QED) is 0.729. The van der Waals surface area contributed by atoms with E-state index in [1.54, 1.807) is 30.3 Å². The number of rotatable bonds is 4. The maximum Gasteiger partial charge on any atom is 0.191 e. The van der Waals surface area contributed by atoms with Crippen LogP contribution in [0, 0.1) is 0 Å². The van der Waals surface area contributed by atoms with Crippen molar-refractivity contribution in [3.63, 3.8) is 0 Å². The van der Waals surface area contributed by atoms with Gasteiger partial charge in [-0.15, -0.1) is 0 Å². The van der Waals surface area contributed by atoms with Crippen LogP contribution in [0.3, 0.4) is 0 Å². The first kappa shape index (κ1) is 10.6. The van der Waals surface area contributed by atoms with Gasteiger partial charge in [0.2, 0.25) is 0 Å². The highest BCUT2D eigenvalue weighted by atomic mass is 16.3. The van der Waals surface area contributed by atoms with E-state index < -0.39 is 11.9 Å². The van der Waals surface area contributed by atoms with Crippen LogP contribution in [0.1, 0.15) is 23.7 Å². The van der Waals surface area contributed by atoms with Gasteiger partial charge in [0.25, 0.3) is 0 Å². The molecule has 0 heterocycles. The highest BCUT2D eigenvalue weighted by Crippen LogP contribution is 2.06. The Morgan fingerprint density at radius 1 is 1.29 bits per heavy atom. The first-order chi connectivity index (χ1) is 6.61. The molecule has 1 atom stereocenters. The zero-order valence-electron chi connectivity index (χ0n) is 7.93. The minimum atomic E-state index is -1.21. The Hall–Kier alpha value is -1.48. The molecular formula is C11H12O3. The van der Waals surface area contributed by atoms with Crippen LogP contribution < -0.4 is 0 Å². The molecule has 1 rings (SSSR count). The minimum Gasteiger partial charge on any atom is -0.384 e. The SMILES string of the molecule is CC(=O)CC(O)C(=O)c1ccccc1. The molecule has 0 spiro atoms. The summed E-state index contributed by atoms with van der Waals surface area (Å²) in [5.41, 5.74) is 0.432. The molecule has 0 amide bonds. The molecule has 0 saturated carbocycles. The third kappa shape index (κ3) is 2.78. The Morgan fingerprint density at radius 2 is 1.86 bits per heavy atom. The summed E-state index contributed by atoms with van der Waals surface area (Å²) in [6.45, 7) is 1.35. The van der Waals surface area contributed by atoms with Gasteiger partial charge >= 0.3 is 0 Å². The van der Waals surface area contributed by atoms with Crippen molar-refractivity contribution in [2.75, 3.05) is 0 Å². The lowest BCUT2D eigenvalue weighted by Crippen LogP contribution is -2.22. The van der Waals surface area contributed by atoms with Crippen molar-refractivity contribution in [3.05, 3.63) is 35.9 Å². The lowest BCUT2D eigenvalue weighted by atomic mass is 10.0. The van der Waals surface area contributed by atoms with Crippen LogP contribution in [0.4, 0.5) is 0 Å². The maximum absolute atomic E-state index is 11.5. The summed E-state index contributed by atoms with van der Waals surface area (Å²) in [7, 11) is 0. The van der Waals surface area contributed by atoms with E-state index in [2.05, 4.69) is 0 Å². The fourth-order valence-corrected chi connectivity index (χ4v) is 1.16. The van der Waals surface area contributed by atoms with Gasteiger partial charge in [0, 0.05) is 12.0 Å². The lowest BCUT2D eigenvalue weighted by molar-refractivity contribution is -0.118. The molecule has 1 unspecified atom stereocenters. The predicted octanol–water partition coefficient (Wildman–Crippen LogP) is 1.21. The van der Waals surface area contributed by atoms with Crippen LogP contribution in [0.5, 0.6) is 0 Å². The molecule has 0 saturated heterocycles. The fourth-order valence-electron chi connectivity index (χ4n) is 1.16. The average Bonchev–Trinajstić information content (AvgIpc) is 2.17. The Labute approximate surface area is 82.4 Å². The van der Waals surface area contributed by atoms with E-state index in [1.165, 1.54) is 6.92 Å². The molecule has 3 heteroatoms. The third-order valence-electron chi connectivity index (χ3n) is 1.84. The number of ketones is 2. The second-order valence-corrected chi connectivity index (χ2v) is 3.15. The predicted molar refractivity (Wildman–Crippen MR) is 52.1 cm³/mol. The van der Waals surface area contributed by atoms with Crippen LogP contribution in [-0.2, 0) is 4.79 Å². The molecule has 74 valence electrons. The van der Waals surface area contributed by atoms with Crippen LogP contribution in [-0.4, -0.2) is 22.8 Å². The van der Waals surface area contributed by atoms with E-state index in [9.17, 15) is 14.7 Å². The summed E-state index contributed by atoms with van der Waals surface area (Å²) in [6, 6.07) is 8.45. The van der Waals surface area contributed by atoms with E-state index in [0.29, 0.717) is 5.56 Å². The molecule has 0 aliphatic carbocycles. The number of aliphatic hydroxyl groups excluding tert-OH is 1. The molecule has 1 aromatic rings. The third-order valence-corrected chi connectivity index (χ3v) is 1.84. The second-order valence-electron chi connectivity index (χ2n) is 3.15. The van der Waals surface area contributed by atoms with Crippen molar-refractivity contribution in [2.24, 2.45) is 0 Å². The van der Waals surface area contributed by atoms with Crippen LogP contribution in [0.15, 0.2) is 30.3 Å². The van der Waals surface area contributed by atoms with Crippen LogP contribution in [0.2, 0.25) is 0 Å². The van der Waals surface area contributed by atoms with Crippen LogP contribution in [0.25, 0.3) is 0 Å². The van der Waals surface area contributed by atoms with Gasteiger partial charge in [0.1, 0.15) is 11.9 Å². The van der Waals surface area contributed by atoms with Crippen molar-refractivity contribution in [1.82, 2.24) is 0 Å². The summed E-state index contributed by atoms with van der Waals surface area (Å²) in [4.78, 5) is 22.2. The number of aliphatic hydroxyl groups is 1. The monoisotopic (exact) mass is 192 g/mol. The zero-order chi connectivity index (χ0) is 10.6. The summed E-state index contributed by atoms with van der Waals surface area (Å²) in [5.74, 6) is -0.595. The van der Waals surface area contributed by atoms with Gasteiger partial charge in [0.15, 0.2) is 5.78 Å². The first-order valence-corrected chi connectivity index (χ1v) is 4.38. The smallest absolute Gasteiger partial charge is 0.191 e.